The summed E-state index contributed by atoms with van der Waals surface area (Å²) in [4.78, 5) is 20.5. The first-order valence-electron chi connectivity index (χ1n) is 15.7. The lowest BCUT2D eigenvalue weighted by molar-refractivity contribution is 0.0746. The van der Waals surface area contributed by atoms with E-state index in [1.807, 2.05) is 17.0 Å². The van der Waals surface area contributed by atoms with E-state index in [1.54, 1.807) is 14.2 Å². The van der Waals surface area contributed by atoms with Gasteiger partial charge in [0.2, 0.25) is 0 Å². The van der Waals surface area contributed by atoms with Crippen LogP contribution in [0.15, 0.2) is 97.1 Å². The maximum absolute atomic E-state index is 13.6. The number of amides is 1. The van der Waals surface area contributed by atoms with Crippen LogP contribution >= 0.6 is 0 Å². The predicted molar refractivity (Wildman–Crippen MR) is 177 cm³/mol. The number of methoxy groups -OCH3 is 2. The third-order valence-electron chi connectivity index (χ3n) is 9.37. The molecule has 2 heterocycles. The number of hydrogen-bond acceptors (Lipinski definition) is 5. The number of piperazine rings is 1. The summed E-state index contributed by atoms with van der Waals surface area (Å²) in [6, 6.07) is 34.0. The number of carbonyl (C=O) groups is 1. The van der Waals surface area contributed by atoms with Gasteiger partial charge in [-0.05, 0) is 97.1 Å². The molecule has 0 aromatic heterocycles. The zero-order valence-corrected chi connectivity index (χ0v) is 26.2. The minimum Gasteiger partial charge on any atom is -0.497 e. The molecule has 6 nitrogen and oxygen atoms in total. The lowest BCUT2D eigenvalue weighted by Crippen LogP contribution is -2.48. The Morgan fingerprint density at radius 1 is 0.750 bits per heavy atom. The summed E-state index contributed by atoms with van der Waals surface area (Å²) in [5, 5.41) is 0. The first-order valence-corrected chi connectivity index (χ1v) is 15.7. The van der Waals surface area contributed by atoms with Gasteiger partial charge in [0.15, 0.2) is 0 Å². The third kappa shape index (κ3) is 6.31. The zero-order valence-electron chi connectivity index (χ0n) is 26.2. The van der Waals surface area contributed by atoms with E-state index in [9.17, 15) is 4.79 Å². The molecule has 2 saturated heterocycles. The Kier molecular flexibility index (Phi) is 8.89. The number of aryl methyl sites for hydroxylation is 1. The molecule has 0 N–H and O–H groups in total. The summed E-state index contributed by atoms with van der Waals surface area (Å²) in [6.07, 6.45) is 2.15. The molecule has 0 saturated carbocycles. The minimum atomic E-state index is -0.152. The molecular weight excluding hydrogens is 546 g/mol. The molecule has 0 atom stereocenters. The smallest absolute Gasteiger partial charge is 0.253 e. The molecule has 6 rings (SSSR count). The maximum Gasteiger partial charge on any atom is 0.253 e. The molecule has 0 unspecified atom stereocenters. The van der Waals surface area contributed by atoms with E-state index >= 15 is 0 Å². The fraction of sp³-hybridized carbons (Fsp3) is 0.342. The summed E-state index contributed by atoms with van der Waals surface area (Å²) in [7, 11) is 3.42. The monoisotopic (exact) mass is 589 g/mol. The first kappa shape index (κ1) is 29.8. The van der Waals surface area contributed by atoms with Gasteiger partial charge in [0.25, 0.3) is 5.91 Å². The molecule has 0 spiro atoms. The summed E-state index contributed by atoms with van der Waals surface area (Å²) >= 11 is 0. The molecule has 2 fully saturated rings. The van der Waals surface area contributed by atoms with E-state index in [1.165, 1.54) is 27.9 Å². The van der Waals surface area contributed by atoms with Gasteiger partial charge in [-0.3, -0.25) is 9.69 Å². The van der Waals surface area contributed by atoms with Gasteiger partial charge in [-0.25, -0.2) is 0 Å². The second-order valence-corrected chi connectivity index (χ2v) is 12.2. The summed E-state index contributed by atoms with van der Waals surface area (Å²) < 4.78 is 10.9. The average molecular weight is 590 g/mol. The zero-order chi connectivity index (χ0) is 30.5. The van der Waals surface area contributed by atoms with Crippen molar-refractivity contribution in [3.05, 3.63) is 125 Å². The summed E-state index contributed by atoms with van der Waals surface area (Å²) in [5.41, 5.74) is 6.89. The predicted octanol–water partition coefficient (Wildman–Crippen LogP) is 6.56. The van der Waals surface area contributed by atoms with Gasteiger partial charge in [-0.1, -0.05) is 48.5 Å². The second kappa shape index (κ2) is 13.1. The number of piperidine rings is 1. The van der Waals surface area contributed by atoms with Crippen LogP contribution in [0.5, 0.6) is 11.5 Å². The molecule has 44 heavy (non-hydrogen) atoms. The van der Waals surface area contributed by atoms with Crippen LogP contribution in [0.4, 0.5) is 5.69 Å². The van der Waals surface area contributed by atoms with E-state index < -0.39 is 0 Å². The SMILES string of the molecule is COc1ccc(C2(c3ccc(OC)cc3)CCCN(Cc3cccc(C(=O)N4CCN(c5cccc(C)c5)CC4)c3)C2)cc1. The lowest BCUT2D eigenvalue weighted by Gasteiger charge is -2.44. The normalized spacial score (nSPS) is 16.9. The van der Waals surface area contributed by atoms with Gasteiger partial charge in [-0.2, -0.15) is 0 Å². The highest BCUT2D eigenvalue weighted by molar-refractivity contribution is 5.94. The van der Waals surface area contributed by atoms with Crippen LogP contribution in [0.2, 0.25) is 0 Å². The van der Waals surface area contributed by atoms with Crippen LogP contribution in [0.3, 0.4) is 0 Å². The highest BCUT2D eigenvalue weighted by atomic mass is 16.5. The van der Waals surface area contributed by atoms with Crippen molar-refractivity contribution >= 4 is 11.6 Å². The Hall–Kier alpha value is -4.29. The number of nitrogens with zero attached hydrogens (tertiary/aromatic N) is 3. The average Bonchev–Trinajstić information content (AvgIpc) is 3.08. The van der Waals surface area contributed by atoms with Gasteiger partial charge in [0, 0.05) is 55.9 Å². The Morgan fingerprint density at radius 3 is 2.00 bits per heavy atom. The Morgan fingerprint density at radius 2 is 1.39 bits per heavy atom. The largest absolute Gasteiger partial charge is 0.497 e. The van der Waals surface area contributed by atoms with Crippen LogP contribution in [-0.4, -0.2) is 69.2 Å². The van der Waals surface area contributed by atoms with Crippen molar-refractivity contribution < 1.29 is 14.3 Å². The number of ether oxygens (including phenoxy) is 2. The second-order valence-electron chi connectivity index (χ2n) is 12.2. The molecule has 0 radical (unpaired) electrons. The van der Waals surface area contributed by atoms with Crippen molar-refractivity contribution in [2.45, 2.75) is 31.7 Å². The van der Waals surface area contributed by atoms with Crippen molar-refractivity contribution in [3.63, 3.8) is 0 Å². The lowest BCUT2D eigenvalue weighted by atomic mass is 9.69. The maximum atomic E-state index is 13.6. The van der Waals surface area contributed by atoms with Gasteiger partial charge < -0.3 is 19.3 Å². The number of hydrogen-bond donors (Lipinski definition) is 0. The summed E-state index contributed by atoms with van der Waals surface area (Å²) in [6.45, 7) is 8.00. The quantitative estimate of drug-likeness (QED) is 0.233. The van der Waals surface area contributed by atoms with Gasteiger partial charge >= 0.3 is 0 Å². The number of benzene rings is 4. The highest BCUT2D eigenvalue weighted by Crippen LogP contribution is 2.42. The van der Waals surface area contributed by atoms with Crippen molar-refractivity contribution in [1.29, 1.82) is 0 Å². The highest BCUT2D eigenvalue weighted by Gasteiger charge is 2.39. The van der Waals surface area contributed by atoms with Crippen LogP contribution < -0.4 is 14.4 Å². The Bertz CT molecular complexity index is 1510. The molecule has 0 bridgehead atoms. The Labute approximate surface area is 261 Å². The molecule has 0 aliphatic carbocycles. The topological polar surface area (TPSA) is 45.3 Å². The third-order valence-corrected chi connectivity index (χ3v) is 9.37. The number of rotatable bonds is 8. The number of likely N-dealkylation sites (tertiary alicyclic amines) is 1. The van der Waals surface area contributed by atoms with E-state index in [0.717, 1.165) is 75.7 Å². The van der Waals surface area contributed by atoms with Crippen molar-refractivity contribution in [1.82, 2.24) is 9.80 Å². The molecule has 4 aromatic rings. The van der Waals surface area contributed by atoms with Crippen LogP contribution in [0.1, 0.15) is 45.5 Å². The molecule has 6 heteroatoms. The molecular formula is C38H43N3O3. The minimum absolute atomic E-state index is 0.125. The van der Waals surface area contributed by atoms with Gasteiger partial charge in [0.05, 0.1) is 14.2 Å². The first-order chi connectivity index (χ1) is 21.5. The van der Waals surface area contributed by atoms with Crippen LogP contribution in [0, 0.1) is 6.92 Å². The van der Waals surface area contributed by atoms with E-state index in [2.05, 4.69) is 102 Å². The van der Waals surface area contributed by atoms with E-state index in [0.29, 0.717) is 0 Å². The fourth-order valence-electron chi connectivity index (χ4n) is 6.97. The number of carbonyl (C=O) groups excluding carboxylic acids is 1. The number of anilines is 1. The van der Waals surface area contributed by atoms with Crippen molar-refractivity contribution in [3.8, 4) is 11.5 Å². The molecule has 228 valence electrons. The van der Waals surface area contributed by atoms with Crippen LogP contribution in [0.25, 0.3) is 0 Å². The van der Waals surface area contributed by atoms with Crippen molar-refractivity contribution in [2.75, 3.05) is 58.4 Å². The molecule has 2 aliphatic rings. The molecule has 2 aliphatic heterocycles. The fourth-order valence-corrected chi connectivity index (χ4v) is 6.97. The van der Waals surface area contributed by atoms with E-state index in [-0.39, 0.29) is 11.3 Å². The Balaban J connectivity index is 1.17. The standard InChI is InChI=1S/C38H43N3O3/c1-29-7-4-10-34(25-29)40-21-23-41(24-22-40)37(42)31-9-5-8-30(26-31)27-39-20-6-19-38(28-39,32-11-15-35(43-2)16-12-32)33-13-17-36(44-3)18-14-33/h4-5,7-18,25-26H,6,19-24,27-28H2,1-3H3. The van der Waals surface area contributed by atoms with Crippen LogP contribution in [-0.2, 0) is 12.0 Å². The molecule has 1 amide bonds. The van der Waals surface area contributed by atoms with E-state index in [4.69, 9.17) is 9.47 Å². The van der Waals surface area contributed by atoms with Crippen molar-refractivity contribution in [2.24, 2.45) is 0 Å². The molecule has 4 aromatic carbocycles. The van der Waals surface area contributed by atoms with Gasteiger partial charge in [-0.15, -0.1) is 0 Å². The van der Waals surface area contributed by atoms with Gasteiger partial charge in [0.1, 0.15) is 11.5 Å². The summed E-state index contributed by atoms with van der Waals surface area (Å²) in [5.74, 6) is 1.86.